The Morgan fingerprint density at radius 1 is 1.42 bits per heavy atom. The van der Waals surface area contributed by atoms with Crippen molar-refractivity contribution in [2.75, 3.05) is 0 Å². The molecule has 0 radical (unpaired) electrons. The molecule has 0 saturated carbocycles. The number of hydrogen-bond acceptors (Lipinski definition) is 6. The second-order valence-corrected chi connectivity index (χ2v) is 6.11. The van der Waals surface area contributed by atoms with Crippen LogP contribution < -0.4 is 0 Å². The smallest absolute Gasteiger partial charge is 0.355 e. The van der Waals surface area contributed by atoms with Gasteiger partial charge in [-0.2, -0.15) is 0 Å². The van der Waals surface area contributed by atoms with E-state index in [1.165, 1.54) is 23.1 Å². The molecule has 0 fully saturated rings. The minimum Gasteiger partial charge on any atom is -0.476 e. The zero-order valence-electron chi connectivity index (χ0n) is 9.77. The Balaban J connectivity index is 2.12. The van der Waals surface area contributed by atoms with E-state index in [9.17, 15) is 9.90 Å². The number of rotatable bonds is 3. The average Bonchev–Trinajstić information content (AvgIpc) is 2.92. The molecule has 0 aliphatic heterocycles. The molecule has 8 heteroatoms. The van der Waals surface area contributed by atoms with Gasteiger partial charge in [0.05, 0.1) is 0 Å². The van der Waals surface area contributed by atoms with Gasteiger partial charge < -0.3 is 5.11 Å². The lowest BCUT2D eigenvalue weighted by atomic mass is 10.4. The summed E-state index contributed by atoms with van der Waals surface area (Å²) in [5, 5.41) is 18.5. The van der Waals surface area contributed by atoms with Crippen LogP contribution in [0.15, 0.2) is 33.8 Å². The van der Waals surface area contributed by atoms with E-state index in [1.54, 1.807) is 22.7 Å². The van der Waals surface area contributed by atoms with Gasteiger partial charge >= 0.3 is 5.97 Å². The molecule has 0 aliphatic carbocycles. The van der Waals surface area contributed by atoms with Crippen LogP contribution in [0.1, 0.15) is 15.5 Å². The molecule has 19 heavy (non-hydrogen) atoms. The Morgan fingerprint density at radius 3 is 2.95 bits per heavy atom. The van der Waals surface area contributed by atoms with Crippen molar-refractivity contribution >= 4 is 34.7 Å². The summed E-state index contributed by atoms with van der Waals surface area (Å²) in [6, 6.07) is 5.35. The van der Waals surface area contributed by atoms with Crippen LogP contribution in [0.4, 0.5) is 0 Å². The van der Waals surface area contributed by atoms with Gasteiger partial charge in [0.25, 0.3) is 0 Å². The van der Waals surface area contributed by atoms with Gasteiger partial charge in [-0.15, -0.1) is 10.2 Å². The number of aryl methyl sites for hydroxylation is 1. The topological polar surface area (TPSA) is 80.4 Å². The number of fused-ring (bicyclic) bond motifs is 1. The monoisotopic (exact) mass is 292 g/mol. The van der Waals surface area contributed by atoms with Crippen molar-refractivity contribution in [3.8, 4) is 0 Å². The first-order valence-corrected chi connectivity index (χ1v) is 6.97. The largest absolute Gasteiger partial charge is 0.476 e. The number of imidazole rings is 1. The maximum Gasteiger partial charge on any atom is 0.355 e. The highest BCUT2D eigenvalue weighted by molar-refractivity contribution is 8.01. The van der Waals surface area contributed by atoms with Crippen LogP contribution in [-0.4, -0.2) is 30.7 Å². The van der Waals surface area contributed by atoms with Crippen molar-refractivity contribution < 1.29 is 9.90 Å². The van der Waals surface area contributed by atoms with Crippen LogP contribution in [0, 0.1) is 6.92 Å². The number of hydrogen-bond donors (Lipinski definition) is 1. The maximum absolute atomic E-state index is 11.4. The third-order valence-corrected chi connectivity index (χ3v) is 4.26. The summed E-state index contributed by atoms with van der Waals surface area (Å²) < 4.78 is 2.24. The fourth-order valence-electron chi connectivity index (χ4n) is 1.64. The first kappa shape index (κ1) is 12.1. The van der Waals surface area contributed by atoms with Crippen molar-refractivity contribution in [2.45, 2.75) is 16.3 Å². The van der Waals surface area contributed by atoms with Crippen LogP contribution in [-0.2, 0) is 0 Å². The summed E-state index contributed by atoms with van der Waals surface area (Å²) in [4.78, 5) is 15.7. The molecular weight excluding hydrogens is 284 g/mol. The van der Waals surface area contributed by atoms with Gasteiger partial charge in [-0.3, -0.25) is 4.40 Å². The van der Waals surface area contributed by atoms with Crippen LogP contribution >= 0.6 is 23.1 Å². The summed E-state index contributed by atoms with van der Waals surface area (Å²) in [6.07, 6.45) is 1.68. The molecule has 0 saturated heterocycles. The quantitative estimate of drug-likeness (QED) is 0.798. The number of carboxylic acids is 1. The van der Waals surface area contributed by atoms with Gasteiger partial charge in [-0.1, -0.05) is 17.4 Å². The molecule has 3 heterocycles. The zero-order chi connectivity index (χ0) is 13.4. The second kappa shape index (κ2) is 4.63. The van der Waals surface area contributed by atoms with E-state index in [1.807, 2.05) is 13.0 Å². The number of aromatic nitrogens is 4. The standard InChI is InChI=1S/C11H8N4O2S2/c1-6-13-14-11(18-6)19-9-8(10(16)17)15-5-3-2-4-7(15)12-9/h2-5H,1H3,(H,16,17). The number of pyridine rings is 1. The van der Waals surface area contributed by atoms with E-state index in [2.05, 4.69) is 15.2 Å². The predicted molar refractivity (Wildman–Crippen MR) is 70.9 cm³/mol. The minimum absolute atomic E-state index is 0.147. The number of aromatic carboxylic acids is 1. The van der Waals surface area contributed by atoms with E-state index in [4.69, 9.17) is 0 Å². The zero-order valence-corrected chi connectivity index (χ0v) is 11.4. The third kappa shape index (κ3) is 2.20. The Hall–Kier alpha value is -1.93. The highest BCUT2D eigenvalue weighted by atomic mass is 32.2. The molecule has 3 rings (SSSR count). The molecule has 0 spiro atoms. The lowest BCUT2D eigenvalue weighted by molar-refractivity contribution is 0.0685. The molecule has 0 aliphatic rings. The molecule has 0 aromatic carbocycles. The van der Waals surface area contributed by atoms with Gasteiger partial charge in [0.15, 0.2) is 10.0 Å². The fourth-order valence-corrected chi connectivity index (χ4v) is 3.49. The molecule has 0 amide bonds. The molecule has 1 N–H and O–H groups in total. The summed E-state index contributed by atoms with van der Waals surface area (Å²) in [5.74, 6) is -1.01. The number of carboxylic acid groups (broad SMARTS) is 1. The van der Waals surface area contributed by atoms with Gasteiger partial charge in [0.1, 0.15) is 15.7 Å². The fraction of sp³-hybridized carbons (Fsp3) is 0.0909. The average molecular weight is 292 g/mol. The van der Waals surface area contributed by atoms with Crippen LogP contribution in [0.2, 0.25) is 0 Å². The summed E-state index contributed by atoms with van der Waals surface area (Å²) in [6.45, 7) is 1.85. The molecule has 3 aromatic heterocycles. The van der Waals surface area contributed by atoms with E-state index < -0.39 is 5.97 Å². The van der Waals surface area contributed by atoms with Crippen LogP contribution in [0.5, 0.6) is 0 Å². The maximum atomic E-state index is 11.4. The van der Waals surface area contributed by atoms with Gasteiger partial charge in [-0.05, 0) is 30.8 Å². The van der Waals surface area contributed by atoms with Crippen LogP contribution in [0.3, 0.4) is 0 Å². The Morgan fingerprint density at radius 2 is 2.26 bits per heavy atom. The van der Waals surface area contributed by atoms with Crippen molar-refractivity contribution in [1.82, 2.24) is 19.6 Å². The van der Waals surface area contributed by atoms with E-state index in [-0.39, 0.29) is 5.69 Å². The number of nitrogens with zero attached hydrogens (tertiary/aromatic N) is 4. The SMILES string of the molecule is Cc1nnc(Sc2nc3ccccn3c2C(=O)O)s1. The van der Waals surface area contributed by atoms with Gasteiger partial charge in [-0.25, -0.2) is 9.78 Å². The van der Waals surface area contributed by atoms with E-state index >= 15 is 0 Å². The lowest BCUT2D eigenvalue weighted by Crippen LogP contribution is -2.02. The third-order valence-electron chi connectivity index (χ3n) is 2.39. The molecule has 0 bridgehead atoms. The van der Waals surface area contributed by atoms with Crippen molar-refractivity contribution in [3.63, 3.8) is 0 Å². The van der Waals surface area contributed by atoms with Crippen LogP contribution in [0.25, 0.3) is 5.65 Å². The highest BCUT2D eigenvalue weighted by Gasteiger charge is 2.20. The van der Waals surface area contributed by atoms with Crippen molar-refractivity contribution in [3.05, 3.63) is 35.1 Å². The summed E-state index contributed by atoms with van der Waals surface area (Å²) in [5.41, 5.74) is 0.747. The lowest BCUT2D eigenvalue weighted by Gasteiger charge is -1.97. The number of carbonyl (C=O) groups is 1. The molecule has 0 atom stereocenters. The van der Waals surface area contributed by atoms with Crippen molar-refractivity contribution in [1.29, 1.82) is 0 Å². The molecule has 96 valence electrons. The highest BCUT2D eigenvalue weighted by Crippen LogP contribution is 2.32. The predicted octanol–water partition coefficient (Wildman–Crippen LogP) is 2.34. The molecule has 6 nitrogen and oxygen atoms in total. The molecule has 3 aromatic rings. The second-order valence-electron chi connectivity index (χ2n) is 3.69. The Labute approximate surface area is 116 Å². The Kier molecular flexibility index (Phi) is 2.96. The first-order chi connectivity index (χ1) is 9.15. The Bertz CT molecular complexity index is 765. The van der Waals surface area contributed by atoms with Gasteiger partial charge in [0.2, 0.25) is 0 Å². The summed E-state index contributed by atoms with van der Waals surface area (Å²) >= 11 is 2.63. The molecule has 0 unspecified atom stereocenters. The first-order valence-electron chi connectivity index (χ1n) is 5.33. The normalized spacial score (nSPS) is 11.0. The van der Waals surface area contributed by atoms with E-state index in [0.717, 1.165) is 5.01 Å². The van der Waals surface area contributed by atoms with Gasteiger partial charge in [0, 0.05) is 6.20 Å². The molecular formula is C11H8N4O2S2. The summed E-state index contributed by atoms with van der Waals surface area (Å²) in [7, 11) is 0. The minimum atomic E-state index is -1.01. The van der Waals surface area contributed by atoms with Crippen molar-refractivity contribution in [2.24, 2.45) is 0 Å². The van der Waals surface area contributed by atoms with E-state index in [0.29, 0.717) is 15.0 Å².